The second-order valence-electron chi connectivity index (χ2n) is 5.41. The molecule has 0 bridgehead atoms. The Morgan fingerprint density at radius 1 is 1.13 bits per heavy atom. The van der Waals surface area contributed by atoms with Crippen LogP contribution in [0.1, 0.15) is 23.1 Å². The summed E-state index contributed by atoms with van der Waals surface area (Å²) in [5.41, 5.74) is 3.73. The molecule has 1 aliphatic heterocycles. The Balaban J connectivity index is 1.98. The van der Waals surface area contributed by atoms with Crippen molar-refractivity contribution in [1.82, 2.24) is 0 Å². The molecule has 1 radical (unpaired) electrons. The summed E-state index contributed by atoms with van der Waals surface area (Å²) in [7, 11) is 0. The summed E-state index contributed by atoms with van der Waals surface area (Å²) >= 11 is 0. The van der Waals surface area contributed by atoms with E-state index in [2.05, 4.69) is 11.4 Å². The molecular formula is C18H15F3NO. The highest BCUT2D eigenvalue weighted by Gasteiger charge is 2.30. The van der Waals surface area contributed by atoms with Gasteiger partial charge in [0.2, 0.25) is 0 Å². The van der Waals surface area contributed by atoms with Crippen molar-refractivity contribution in [2.45, 2.75) is 19.0 Å². The van der Waals surface area contributed by atoms with Crippen LogP contribution in [0.15, 0.2) is 48.0 Å². The van der Waals surface area contributed by atoms with E-state index in [4.69, 9.17) is 0 Å². The lowest BCUT2D eigenvalue weighted by atomic mass is 9.92. The number of aliphatic hydroxyl groups excluding tert-OH is 1. The number of fused-ring (bicyclic) bond motifs is 1. The minimum Gasteiger partial charge on any atom is -0.396 e. The highest BCUT2D eigenvalue weighted by Crippen LogP contribution is 2.35. The van der Waals surface area contributed by atoms with Gasteiger partial charge in [-0.1, -0.05) is 24.3 Å². The molecule has 1 aliphatic rings. The number of nitrogens with one attached hydrogen (secondary N) is 1. The molecule has 2 N–H and O–H groups in total. The van der Waals surface area contributed by atoms with E-state index < -0.39 is 11.7 Å². The lowest BCUT2D eigenvalue weighted by Gasteiger charge is -2.25. The molecule has 2 aromatic carbocycles. The number of hydrogen-bond acceptors (Lipinski definition) is 2. The second kappa shape index (κ2) is 6.08. The lowest BCUT2D eigenvalue weighted by molar-refractivity contribution is -0.137. The van der Waals surface area contributed by atoms with Crippen molar-refractivity contribution in [2.24, 2.45) is 0 Å². The van der Waals surface area contributed by atoms with Gasteiger partial charge in [-0.2, -0.15) is 13.2 Å². The molecule has 2 aromatic rings. The van der Waals surface area contributed by atoms with Crippen molar-refractivity contribution in [1.29, 1.82) is 0 Å². The van der Waals surface area contributed by atoms with E-state index in [-0.39, 0.29) is 6.61 Å². The Labute approximate surface area is 132 Å². The summed E-state index contributed by atoms with van der Waals surface area (Å²) in [5, 5.41) is 12.5. The molecule has 3 rings (SSSR count). The second-order valence-corrected chi connectivity index (χ2v) is 5.41. The Morgan fingerprint density at radius 2 is 1.87 bits per heavy atom. The number of anilines is 1. The molecule has 119 valence electrons. The van der Waals surface area contributed by atoms with Gasteiger partial charge in [0, 0.05) is 18.0 Å². The third-order valence-electron chi connectivity index (χ3n) is 3.89. The monoisotopic (exact) mass is 318 g/mol. The first-order valence-electron chi connectivity index (χ1n) is 7.25. The minimum atomic E-state index is -4.34. The maximum atomic E-state index is 12.7. The highest BCUT2D eigenvalue weighted by molar-refractivity contribution is 5.83. The van der Waals surface area contributed by atoms with Crippen molar-refractivity contribution in [2.75, 3.05) is 11.9 Å². The maximum Gasteiger partial charge on any atom is 0.416 e. The van der Waals surface area contributed by atoms with E-state index in [1.165, 1.54) is 12.1 Å². The summed E-state index contributed by atoms with van der Waals surface area (Å²) in [4.78, 5) is 0. The minimum absolute atomic E-state index is 0.00452. The zero-order chi connectivity index (χ0) is 16.4. The first-order valence-corrected chi connectivity index (χ1v) is 7.25. The van der Waals surface area contributed by atoms with Crippen molar-refractivity contribution >= 4 is 11.4 Å². The van der Waals surface area contributed by atoms with Crippen LogP contribution in [0.5, 0.6) is 0 Å². The smallest absolute Gasteiger partial charge is 0.396 e. The van der Waals surface area contributed by atoms with Gasteiger partial charge >= 0.3 is 6.18 Å². The number of benzene rings is 2. The molecule has 0 aliphatic carbocycles. The van der Waals surface area contributed by atoms with Gasteiger partial charge in [0.15, 0.2) is 0 Å². The van der Waals surface area contributed by atoms with Crippen LogP contribution in [0.3, 0.4) is 0 Å². The van der Waals surface area contributed by atoms with E-state index >= 15 is 0 Å². The fourth-order valence-electron chi connectivity index (χ4n) is 2.72. The number of rotatable bonds is 3. The average Bonchev–Trinajstić information content (AvgIpc) is 2.54. The number of hydrogen-bond donors (Lipinski definition) is 2. The predicted molar refractivity (Wildman–Crippen MR) is 82.7 cm³/mol. The highest BCUT2D eigenvalue weighted by atomic mass is 19.4. The molecule has 2 nitrogen and oxygen atoms in total. The fraction of sp³-hybridized carbons (Fsp3) is 0.222. The Kier molecular flexibility index (Phi) is 4.13. The SMILES string of the molecule is OCCC1=C(c2ccc(C(F)(F)F)cc2)Nc2c[c]ccc2C1. The van der Waals surface area contributed by atoms with E-state index in [1.54, 1.807) is 0 Å². The van der Waals surface area contributed by atoms with Crippen LogP contribution in [0.4, 0.5) is 18.9 Å². The van der Waals surface area contributed by atoms with Crippen molar-refractivity contribution in [3.63, 3.8) is 0 Å². The van der Waals surface area contributed by atoms with Gasteiger partial charge in [0.1, 0.15) is 0 Å². The third kappa shape index (κ3) is 3.24. The molecule has 0 atom stereocenters. The number of halogens is 3. The molecule has 0 fully saturated rings. The van der Waals surface area contributed by atoms with Crippen LogP contribution in [0.2, 0.25) is 0 Å². The van der Waals surface area contributed by atoms with E-state index in [1.807, 2.05) is 18.2 Å². The van der Waals surface area contributed by atoms with Crippen LogP contribution in [-0.4, -0.2) is 11.7 Å². The molecule has 0 saturated heterocycles. The van der Waals surface area contributed by atoms with E-state index in [0.29, 0.717) is 18.4 Å². The molecule has 5 heteroatoms. The molecule has 1 heterocycles. The average molecular weight is 318 g/mol. The maximum absolute atomic E-state index is 12.7. The molecule has 0 aromatic heterocycles. The van der Waals surface area contributed by atoms with Gasteiger partial charge < -0.3 is 10.4 Å². The van der Waals surface area contributed by atoms with E-state index in [9.17, 15) is 18.3 Å². The standard InChI is InChI=1S/C18H15F3NO/c19-18(20,21)15-7-5-12(6-8-15)17-14(9-10-23)11-13-3-1-2-4-16(13)22-17/h1,3-8,22-23H,9-11H2. The zero-order valence-corrected chi connectivity index (χ0v) is 12.2. The van der Waals surface area contributed by atoms with Crippen LogP contribution in [0, 0.1) is 6.07 Å². The van der Waals surface area contributed by atoms with E-state index in [0.717, 1.165) is 34.7 Å². The summed E-state index contributed by atoms with van der Waals surface area (Å²) in [6, 6.07) is 13.6. The number of alkyl halides is 3. The van der Waals surface area contributed by atoms with Crippen LogP contribution in [0.25, 0.3) is 5.70 Å². The van der Waals surface area contributed by atoms with Gasteiger partial charge in [0.05, 0.1) is 5.56 Å². The van der Waals surface area contributed by atoms with Crippen molar-refractivity contribution < 1.29 is 18.3 Å². The quantitative estimate of drug-likeness (QED) is 0.886. The summed E-state index contributed by atoms with van der Waals surface area (Å²) in [5.74, 6) is 0. The Hall–Kier alpha value is -2.27. The summed E-state index contributed by atoms with van der Waals surface area (Å²) < 4.78 is 38.1. The molecule has 0 unspecified atom stereocenters. The van der Waals surface area contributed by atoms with Gasteiger partial charge in [-0.25, -0.2) is 0 Å². The summed E-state index contributed by atoms with van der Waals surface area (Å²) in [6.45, 7) is -0.00452. The van der Waals surface area contributed by atoms with Gasteiger partial charge in [0.25, 0.3) is 0 Å². The van der Waals surface area contributed by atoms with Gasteiger partial charge in [-0.3, -0.25) is 0 Å². The molecule has 0 saturated carbocycles. The lowest BCUT2D eigenvalue weighted by Crippen LogP contribution is -2.13. The fourth-order valence-corrected chi connectivity index (χ4v) is 2.72. The third-order valence-corrected chi connectivity index (χ3v) is 3.89. The first kappa shape index (κ1) is 15.6. The molecule has 0 spiro atoms. The molecule has 23 heavy (non-hydrogen) atoms. The first-order chi connectivity index (χ1) is 11.0. The Morgan fingerprint density at radius 3 is 2.52 bits per heavy atom. The topological polar surface area (TPSA) is 32.3 Å². The van der Waals surface area contributed by atoms with Gasteiger partial charge in [-0.05, 0) is 53.8 Å². The predicted octanol–water partition coefficient (Wildman–Crippen LogP) is 4.27. The van der Waals surface area contributed by atoms with Crippen molar-refractivity contribution in [3.8, 4) is 0 Å². The van der Waals surface area contributed by atoms with Gasteiger partial charge in [-0.15, -0.1) is 0 Å². The molecular weight excluding hydrogens is 303 g/mol. The Bertz CT molecular complexity index is 733. The number of aliphatic hydroxyl groups is 1. The van der Waals surface area contributed by atoms with Crippen LogP contribution < -0.4 is 5.32 Å². The molecule has 0 amide bonds. The van der Waals surface area contributed by atoms with Crippen LogP contribution >= 0.6 is 0 Å². The zero-order valence-electron chi connectivity index (χ0n) is 12.2. The van der Waals surface area contributed by atoms with Crippen molar-refractivity contribution in [3.05, 3.63) is 70.8 Å². The normalized spacial score (nSPS) is 14.4. The van der Waals surface area contributed by atoms with Crippen LogP contribution in [-0.2, 0) is 12.6 Å². The summed E-state index contributed by atoms with van der Waals surface area (Å²) in [6.07, 6.45) is -3.21. The largest absolute Gasteiger partial charge is 0.416 e.